The van der Waals surface area contributed by atoms with Crippen LogP contribution < -0.4 is 4.74 Å². The number of aryl methyl sites for hydroxylation is 1. The first-order valence-corrected chi connectivity index (χ1v) is 7.52. The quantitative estimate of drug-likeness (QED) is 0.793. The van der Waals surface area contributed by atoms with E-state index in [0.717, 1.165) is 16.1 Å². The van der Waals surface area contributed by atoms with Crippen LogP contribution in [0.3, 0.4) is 0 Å². The van der Waals surface area contributed by atoms with Crippen LogP contribution in [0.2, 0.25) is 0 Å². The zero-order chi connectivity index (χ0) is 13.2. The predicted molar refractivity (Wildman–Crippen MR) is 76.4 cm³/mol. The number of hydrogen-bond acceptors (Lipinski definition) is 5. The molecule has 1 aromatic heterocycles. The van der Waals surface area contributed by atoms with Gasteiger partial charge in [0, 0.05) is 11.0 Å². The van der Waals surface area contributed by atoms with Gasteiger partial charge in [-0.3, -0.25) is 0 Å². The van der Waals surface area contributed by atoms with Gasteiger partial charge < -0.3 is 4.74 Å². The molecular weight excluding hydrogens is 283 g/mol. The van der Waals surface area contributed by atoms with Crippen molar-refractivity contribution in [2.24, 2.45) is 0 Å². The maximum atomic E-state index is 13.4. The Labute approximate surface area is 118 Å². The fourth-order valence-corrected chi connectivity index (χ4v) is 3.15. The number of hydrogen-bond donors (Lipinski definition) is 0. The van der Waals surface area contributed by atoms with Gasteiger partial charge in [0.05, 0.1) is 10.6 Å². The Hall–Kier alpha value is -1.53. The molecule has 0 aliphatic carbocycles. The molecule has 1 aliphatic heterocycles. The van der Waals surface area contributed by atoms with Crippen molar-refractivity contribution in [3.05, 3.63) is 47.3 Å². The van der Waals surface area contributed by atoms with Crippen LogP contribution in [0.5, 0.6) is 5.75 Å². The summed E-state index contributed by atoms with van der Waals surface area (Å²) in [5.74, 6) is 1.15. The van der Waals surface area contributed by atoms with Crippen molar-refractivity contribution in [3.8, 4) is 16.2 Å². The van der Waals surface area contributed by atoms with E-state index < -0.39 is 0 Å². The molecule has 3 rings (SSSR count). The van der Waals surface area contributed by atoms with Gasteiger partial charge >= 0.3 is 0 Å². The van der Waals surface area contributed by atoms with Crippen LogP contribution in [0.4, 0.5) is 4.48 Å². The van der Waals surface area contributed by atoms with Gasteiger partial charge in [0.1, 0.15) is 11.6 Å². The maximum absolute atomic E-state index is 13.4. The standard InChI is InChI=1S/C13H11FN2OS2/c1-9-6-12(19-15-9)10-4-2-3-5-11(10)17-13-7-18-8-16(13)14/h2-7H,8H2,1H3. The van der Waals surface area contributed by atoms with Crippen molar-refractivity contribution in [2.45, 2.75) is 6.92 Å². The number of para-hydroxylation sites is 1. The van der Waals surface area contributed by atoms with Crippen LogP contribution in [0.15, 0.2) is 41.6 Å². The Kier molecular flexibility index (Phi) is 3.44. The van der Waals surface area contributed by atoms with Crippen molar-refractivity contribution in [2.75, 3.05) is 5.88 Å². The molecule has 0 unspecified atom stereocenters. The predicted octanol–water partition coefficient (Wildman–Crippen LogP) is 4.19. The highest BCUT2D eigenvalue weighted by atomic mass is 32.2. The van der Waals surface area contributed by atoms with Crippen LogP contribution in [0.1, 0.15) is 5.69 Å². The number of benzene rings is 1. The van der Waals surface area contributed by atoms with Gasteiger partial charge in [-0.1, -0.05) is 16.6 Å². The van der Waals surface area contributed by atoms with E-state index >= 15 is 0 Å². The van der Waals surface area contributed by atoms with Crippen LogP contribution >= 0.6 is 23.3 Å². The molecule has 0 radical (unpaired) electrons. The molecule has 1 aliphatic rings. The summed E-state index contributed by atoms with van der Waals surface area (Å²) in [4.78, 5) is 1.02. The van der Waals surface area contributed by atoms with Crippen LogP contribution in [-0.4, -0.2) is 15.4 Å². The summed E-state index contributed by atoms with van der Waals surface area (Å²) < 4.78 is 23.3. The lowest BCUT2D eigenvalue weighted by molar-refractivity contribution is 0.0476. The van der Waals surface area contributed by atoms with Crippen molar-refractivity contribution >= 4 is 23.3 Å². The molecular formula is C13H11FN2OS2. The Morgan fingerprint density at radius 2 is 2.21 bits per heavy atom. The molecule has 6 heteroatoms. The van der Waals surface area contributed by atoms with E-state index in [0.29, 0.717) is 10.9 Å². The molecule has 0 amide bonds. The fraction of sp³-hybridized carbons (Fsp3) is 0.154. The van der Waals surface area contributed by atoms with Crippen molar-refractivity contribution in [3.63, 3.8) is 0 Å². The highest BCUT2D eigenvalue weighted by Gasteiger charge is 2.19. The molecule has 0 fully saturated rings. The minimum absolute atomic E-state index is 0.235. The molecule has 0 spiro atoms. The number of aromatic nitrogens is 1. The molecule has 2 aromatic rings. The normalized spacial score (nSPS) is 14.6. The minimum Gasteiger partial charge on any atom is -0.437 e. The van der Waals surface area contributed by atoms with Gasteiger partial charge in [-0.15, -0.1) is 11.8 Å². The maximum Gasteiger partial charge on any atom is 0.231 e. The zero-order valence-corrected chi connectivity index (χ0v) is 11.8. The Morgan fingerprint density at radius 1 is 1.37 bits per heavy atom. The average Bonchev–Trinajstić information content (AvgIpc) is 3.00. The summed E-state index contributed by atoms with van der Waals surface area (Å²) in [6.45, 7) is 1.95. The van der Waals surface area contributed by atoms with Gasteiger partial charge in [0.2, 0.25) is 5.88 Å². The Bertz CT molecular complexity index is 627. The molecule has 1 aromatic carbocycles. The van der Waals surface area contributed by atoms with Crippen LogP contribution in [-0.2, 0) is 0 Å². The van der Waals surface area contributed by atoms with E-state index in [1.165, 1.54) is 23.3 Å². The van der Waals surface area contributed by atoms with Crippen molar-refractivity contribution < 1.29 is 9.22 Å². The van der Waals surface area contributed by atoms with Crippen LogP contribution in [0.25, 0.3) is 10.4 Å². The summed E-state index contributed by atoms with van der Waals surface area (Å²) in [6, 6.07) is 9.59. The topological polar surface area (TPSA) is 25.4 Å². The number of nitrogens with zero attached hydrogens (tertiary/aromatic N) is 2. The van der Waals surface area contributed by atoms with Gasteiger partial charge in [0.25, 0.3) is 0 Å². The molecule has 0 saturated heterocycles. The van der Waals surface area contributed by atoms with Gasteiger partial charge in [-0.25, -0.2) is 0 Å². The molecule has 3 nitrogen and oxygen atoms in total. The minimum atomic E-state index is 0.235. The fourth-order valence-electron chi connectivity index (χ4n) is 1.73. The summed E-state index contributed by atoms with van der Waals surface area (Å²) in [5.41, 5.74) is 1.90. The largest absolute Gasteiger partial charge is 0.437 e. The summed E-state index contributed by atoms with van der Waals surface area (Å²) in [5, 5.41) is 2.27. The highest BCUT2D eigenvalue weighted by molar-refractivity contribution is 8.02. The SMILES string of the molecule is Cc1cc(-c2ccccc2OC2=CSCN2F)sn1. The number of halogens is 1. The van der Waals surface area contributed by atoms with Crippen LogP contribution in [0, 0.1) is 6.92 Å². The third kappa shape index (κ3) is 2.59. The zero-order valence-electron chi connectivity index (χ0n) is 10.2. The lowest BCUT2D eigenvalue weighted by Crippen LogP contribution is -2.12. The van der Waals surface area contributed by atoms with E-state index in [4.69, 9.17) is 4.74 Å². The summed E-state index contributed by atoms with van der Waals surface area (Å²) in [7, 11) is 0. The molecule has 2 heterocycles. The lowest BCUT2D eigenvalue weighted by atomic mass is 10.1. The molecule has 0 saturated carbocycles. The second-order valence-electron chi connectivity index (χ2n) is 4.04. The molecule has 98 valence electrons. The summed E-state index contributed by atoms with van der Waals surface area (Å²) >= 11 is 2.78. The average molecular weight is 294 g/mol. The van der Waals surface area contributed by atoms with Gasteiger partial charge in [-0.2, -0.15) is 9.50 Å². The first-order valence-electron chi connectivity index (χ1n) is 5.70. The third-order valence-corrected chi connectivity index (χ3v) is 4.26. The second-order valence-corrected chi connectivity index (χ2v) is 5.68. The monoisotopic (exact) mass is 294 g/mol. The van der Waals surface area contributed by atoms with Gasteiger partial charge in [0.15, 0.2) is 0 Å². The van der Waals surface area contributed by atoms with Gasteiger partial charge in [-0.05, 0) is 36.7 Å². The first-order chi connectivity index (χ1) is 9.24. The smallest absolute Gasteiger partial charge is 0.231 e. The second kappa shape index (κ2) is 5.22. The third-order valence-electron chi connectivity index (χ3n) is 2.61. The van der Waals surface area contributed by atoms with Crippen molar-refractivity contribution in [1.29, 1.82) is 0 Å². The highest BCUT2D eigenvalue weighted by Crippen LogP contribution is 2.35. The van der Waals surface area contributed by atoms with E-state index in [2.05, 4.69) is 4.37 Å². The summed E-state index contributed by atoms with van der Waals surface area (Å²) in [6.07, 6.45) is 0. The number of rotatable bonds is 3. The Morgan fingerprint density at radius 3 is 2.89 bits per heavy atom. The first kappa shape index (κ1) is 12.5. The van der Waals surface area contributed by atoms with E-state index in [1.807, 2.05) is 37.3 Å². The molecule has 0 N–H and O–H groups in total. The molecule has 0 bridgehead atoms. The van der Waals surface area contributed by atoms with Crippen molar-refractivity contribution in [1.82, 2.24) is 9.50 Å². The van der Waals surface area contributed by atoms with E-state index in [-0.39, 0.29) is 11.8 Å². The lowest BCUT2D eigenvalue weighted by Gasteiger charge is -2.13. The number of ether oxygens (including phenoxy) is 1. The van der Waals surface area contributed by atoms with E-state index in [9.17, 15) is 4.48 Å². The number of thioether (sulfide) groups is 1. The molecule has 0 atom stereocenters. The molecule has 19 heavy (non-hydrogen) atoms. The Balaban J connectivity index is 1.94. The van der Waals surface area contributed by atoms with E-state index in [1.54, 1.807) is 5.41 Å².